The Labute approximate surface area is 166 Å². The summed E-state index contributed by atoms with van der Waals surface area (Å²) in [7, 11) is 0. The number of halogens is 2. The van der Waals surface area contributed by atoms with E-state index in [9.17, 15) is 9.18 Å². The summed E-state index contributed by atoms with van der Waals surface area (Å²) in [6.45, 7) is 0.365. The number of hydrogen-bond donors (Lipinski definition) is 1. The van der Waals surface area contributed by atoms with Crippen molar-refractivity contribution in [2.24, 2.45) is 5.73 Å². The maximum Gasteiger partial charge on any atom is 0.293 e. The van der Waals surface area contributed by atoms with Crippen LogP contribution >= 0.6 is 11.6 Å². The third kappa shape index (κ3) is 4.44. The summed E-state index contributed by atoms with van der Waals surface area (Å²) in [6, 6.07) is 11.6. The van der Waals surface area contributed by atoms with Crippen LogP contribution in [0, 0.1) is 5.82 Å². The standard InChI is InChI=1S/C20H17ClFN3O3/c21-17-3-1-2-4-19(17)28-20-15(9-24-11-25-20)16(10-27-12-26)13-5-6-14(8-23)18(22)7-13/h1-7,9,11-12,16H,8,10,23H2. The second kappa shape index (κ2) is 9.25. The lowest BCUT2D eigenvalue weighted by molar-refractivity contribution is -0.128. The van der Waals surface area contributed by atoms with Crippen LogP contribution < -0.4 is 10.5 Å². The normalized spacial score (nSPS) is 11.7. The quantitative estimate of drug-likeness (QED) is 0.577. The Morgan fingerprint density at radius 2 is 2.07 bits per heavy atom. The highest BCUT2D eigenvalue weighted by Crippen LogP contribution is 2.35. The number of hydrogen-bond acceptors (Lipinski definition) is 6. The molecule has 3 rings (SSSR count). The molecule has 0 aliphatic carbocycles. The van der Waals surface area contributed by atoms with Crippen LogP contribution in [0.1, 0.15) is 22.6 Å². The van der Waals surface area contributed by atoms with Gasteiger partial charge in [-0.25, -0.2) is 14.4 Å². The van der Waals surface area contributed by atoms with Gasteiger partial charge >= 0.3 is 0 Å². The molecule has 2 aromatic carbocycles. The smallest absolute Gasteiger partial charge is 0.293 e. The summed E-state index contributed by atoms with van der Waals surface area (Å²) < 4.78 is 25.1. The Morgan fingerprint density at radius 1 is 1.25 bits per heavy atom. The van der Waals surface area contributed by atoms with E-state index >= 15 is 0 Å². The van der Waals surface area contributed by atoms with Crippen molar-refractivity contribution in [2.45, 2.75) is 12.5 Å². The molecule has 28 heavy (non-hydrogen) atoms. The van der Waals surface area contributed by atoms with Gasteiger partial charge in [-0.15, -0.1) is 0 Å². The predicted molar refractivity (Wildman–Crippen MR) is 102 cm³/mol. The maximum atomic E-state index is 14.3. The van der Waals surface area contributed by atoms with E-state index in [-0.39, 0.29) is 19.0 Å². The van der Waals surface area contributed by atoms with Crippen molar-refractivity contribution >= 4 is 18.1 Å². The lowest BCUT2D eigenvalue weighted by Crippen LogP contribution is -2.12. The van der Waals surface area contributed by atoms with Gasteiger partial charge in [-0.05, 0) is 23.8 Å². The van der Waals surface area contributed by atoms with Gasteiger partial charge in [-0.3, -0.25) is 4.79 Å². The molecule has 6 nitrogen and oxygen atoms in total. The second-order valence-electron chi connectivity index (χ2n) is 5.85. The molecule has 0 spiro atoms. The largest absolute Gasteiger partial charge is 0.467 e. The van der Waals surface area contributed by atoms with Gasteiger partial charge in [0.05, 0.1) is 10.9 Å². The summed E-state index contributed by atoms with van der Waals surface area (Å²) >= 11 is 6.16. The predicted octanol–water partition coefficient (Wildman–Crippen LogP) is 3.83. The van der Waals surface area contributed by atoms with Crippen molar-refractivity contribution in [3.05, 3.63) is 82.5 Å². The molecule has 0 radical (unpaired) electrons. The van der Waals surface area contributed by atoms with Gasteiger partial charge in [-0.2, -0.15) is 0 Å². The fourth-order valence-electron chi connectivity index (χ4n) is 2.73. The van der Waals surface area contributed by atoms with Crippen molar-refractivity contribution < 1.29 is 18.7 Å². The van der Waals surface area contributed by atoms with Crippen molar-refractivity contribution in [1.82, 2.24) is 9.97 Å². The topological polar surface area (TPSA) is 87.3 Å². The van der Waals surface area contributed by atoms with Crippen LogP contribution in [0.25, 0.3) is 0 Å². The molecule has 0 bridgehead atoms. The summed E-state index contributed by atoms with van der Waals surface area (Å²) in [5.41, 5.74) is 7.00. The number of nitrogens with zero attached hydrogens (tertiary/aromatic N) is 2. The average Bonchev–Trinajstić information content (AvgIpc) is 2.71. The maximum absolute atomic E-state index is 14.3. The Kier molecular flexibility index (Phi) is 6.52. The number of ether oxygens (including phenoxy) is 2. The Hall–Kier alpha value is -3.03. The van der Waals surface area contributed by atoms with Crippen LogP contribution in [0.4, 0.5) is 4.39 Å². The van der Waals surface area contributed by atoms with Crippen molar-refractivity contribution in [3.63, 3.8) is 0 Å². The highest BCUT2D eigenvalue weighted by molar-refractivity contribution is 6.32. The van der Waals surface area contributed by atoms with Gasteiger partial charge in [0.1, 0.15) is 24.5 Å². The van der Waals surface area contributed by atoms with Crippen LogP contribution in [-0.4, -0.2) is 23.0 Å². The summed E-state index contributed by atoms with van der Waals surface area (Å²) in [6.07, 6.45) is 2.86. The zero-order valence-electron chi connectivity index (χ0n) is 14.7. The van der Waals surface area contributed by atoms with Crippen molar-refractivity contribution in [1.29, 1.82) is 0 Å². The number of aromatic nitrogens is 2. The van der Waals surface area contributed by atoms with E-state index in [0.717, 1.165) is 0 Å². The number of para-hydroxylation sites is 1. The molecule has 2 N–H and O–H groups in total. The fourth-order valence-corrected chi connectivity index (χ4v) is 2.91. The number of carbonyl (C=O) groups is 1. The monoisotopic (exact) mass is 401 g/mol. The number of rotatable bonds is 8. The van der Waals surface area contributed by atoms with Crippen LogP contribution in [0.2, 0.25) is 5.02 Å². The Morgan fingerprint density at radius 3 is 2.79 bits per heavy atom. The molecule has 1 heterocycles. The van der Waals surface area contributed by atoms with Gasteiger partial charge in [0.25, 0.3) is 6.47 Å². The molecule has 1 unspecified atom stereocenters. The average molecular weight is 402 g/mol. The first-order valence-electron chi connectivity index (χ1n) is 8.40. The summed E-state index contributed by atoms with van der Waals surface area (Å²) in [5, 5.41) is 0.408. The van der Waals surface area contributed by atoms with Crippen LogP contribution in [-0.2, 0) is 16.1 Å². The van der Waals surface area contributed by atoms with E-state index < -0.39 is 11.7 Å². The molecular formula is C20H17ClFN3O3. The third-order valence-corrected chi connectivity index (χ3v) is 4.46. The molecule has 0 fully saturated rings. The molecule has 3 aromatic rings. The molecule has 0 saturated heterocycles. The van der Waals surface area contributed by atoms with E-state index in [0.29, 0.717) is 33.9 Å². The molecule has 1 aromatic heterocycles. The van der Waals surface area contributed by atoms with E-state index in [1.165, 1.54) is 18.6 Å². The molecule has 0 aliphatic rings. The lowest BCUT2D eigenvalue weighted by atomic mass is 9.92. The molecule has 0 amide bonds. The molecule has 144 valence electrons. The zero-order valence-corrected chi connectivity index (χ0v) is 15.5. The van der Waals surface area contributed by atoms with Gasteiger partial charge < -0.3 is 15.2 Å². The van der Waals surface area contributed by atoms with Crippen LogP contribution in [0.15, 0.2) is 55.0 Å². The van der Waals surface area contributed by atoms with E-state index in [2.05, 4.69) is 9.97 Å². The molecular weight excluding hydrogens is 385 g/mol. The highest BCUT2D eigenvalue weighted by Gasteiger charge is 2.23. The number of nitrogens with two attached hydrogens (primary N) is 1. The minimum absolute atomic E-state index is 0.0445. The molecule has 8 heteroatoms. The second-order valence-corrected chi connectivity index (χ2v) is 6.26. The minimum Gasteiger partial charge on any atom is -0.467 e. The van der Waals surface area contributed by atoms with Gasteiger partial charge in [0.15, 0.2) is 0 Å². The van der Waals surface area contributed by atoms with Crippen molar-refractivity contribution in [2.75, 3.05) is 6.61 Å². The van der Waals surface area contributed by atoms with Crippen LogP contribution in [0.3, 0.4) is 0 Å². The fraction of sp³-hybridized carbons (Fsp3) is 0.150. The summed E-state index contributed by atoms with van der Waals surface area (Å²) in [4.78, 5) is 19.0. The molecule has 0 aliphatic heterocycles. The lowest BCUT2D eigenvalue weighted by Gasteiger charge is -2.19. The first-order chi connectivity index (χ1) is 13.6. The first-order valence-corrected chi connectivity index (χ1v) is 8.77. The number of benzene rings is 2. The van der Waals surface area contributed by atoms with Crippen molar-refractivity contribution in [3.8, 4) is 11.6 Å². The highest BCUT2D eigenvalue weighted by atomic mass is 35.5. The Bertz CT molecular complexity index is 971. The van der Waals surface area contributed by atoms with Crippen LogP contribution in [0.5, 0.6) is 11.6 Å². The zero-order chi connectivity index (χ0) is 19.9. The first kappa shape index (κ1) is 19.7. The molecule has 0 saturated carbocycles. The van der Waals surface area contributed by atoms with Gasteiger partial charge in [0.2, 0.25) is 5.88 Å². The van der Waals surface area contributed by atoms with E-state index in [1.807, 2.05) is 0 Å². The number of carbonyl (C=O) groups excluding carboxylic acids is 1. The van der Waals surface area contributed by atoms with Gasteiger partial charge in [-0.1, -0.05) is 35.9 Å². The SMILES string of the molecule is NCc1ccc(C(COC=O)c2cncnc2Oc2ccccc2Cl)cc1F. The Balaban J connectivity index is 2.02. The molecule has 1 atom stereocenters. The van der Waals surface area contributed by atoms with E-state index in [1.54, 1.807) is 36.4 Å². The van der Waals surface area contributed by atoms with E-state index in [4.69, 9.17) is 26.8 Å². The third-order valence-electron chi connectivity index (χ3n) is 4.15. The summed E-state index contributed by atoms with van der Waals surface area (Å²) in [5.74, 6) is -0.360. The minimum atomic E-state index is -0.551. The van der Waals surface area contributed by atoms with Gasteiger partial charge in [0, 0.05) is 23.9 Å².